The molecule has 8 heteroatoms. The maximum absolute atomic E-state index is 0. The first-order valence-corrected chi connectivity index (χ1v) is 0. The van der Waals surface area contributed by atoms with E-state index in [1.165, 1.54) is 0 Å². The minimum Gasteiger partial charge on any atom is -0.412 e. The van der Waals surface area contributed by atoms with Crippen LogP contribution >= 0.6 is 0 Å². The van der Waals surface area contributed by atoms with E-state index in [-0.39, 0.29) is 71.8 Å². The van der Waals surface area contributed by atoms with E-state index in [1.54, 1.807) is 0 Å². The van der Waals surface area contributed by atoms with Gasteiger partial charge in [-0.2, -0.15) is 0 Å². The van der Waals surface area contributed by atoms with Crippen molar-refractivity contribution in [3.8, 4) is 0 Å². The van der Waals surface area contributed by atoms with Crippen LogP contribution in [0.2, 0.25) is 0 Å². The van der Waals surface area contributed by atoms with Crippen molar-refractivity contribution in [3.05, 3.63) is 0 Å². The predicted molar refractivity (Wildman–Crippen MR) is 21.7 cm³/mol. The molecule has 0 rings (SSSR count). The van der Waals surface area contributed by atoms with E-state index in [2.05, 4.69) is 0 Å². The molecular weight excluding hydrogens is 227 g/mol. The summed E-state index contributed by atoms with van der Waals surface area (Å²) in [6.07, 6.45) is 0. The zero-order valence-electron chi connectivity index (χ0n) is 4.41. The summed E-state index contributed by atoms with van der Waals surface area (Å²) in [5.74, 6) is 0. The summed E-state index contributed by atoms with van der Waals surface area (Å²) < 4.78 is 0. The van der Waals surface area contributed by atoms with E-state index in [4.69, 9.17) is 0 Å². The Morgan fingerprint density at radius 1 is 0.250 bits per heavy atom. The molecule has 0 radical (unpaired) electrons. The van der Waals surface area contributed by atoms with Gasteiger partial charge in [0.15, 0.2) is 0 Å². The van der Waals surface area contributed by atoms with Gasteiger partial charge in [-0.1, -0.05) is 0 Å². The Morgan fingerprint density at radius 2 is 0.250 bits per heavy atom. The van der Waals surface area contributed by atoms with Gasteiger partial charge in [0.2, 0.25) is 0 Å². The zero-order valence-corrected chi connectivity index (χ0v) is 10.3. The van der Waals surface area contributed by atoms with Crippen LogP contribution in [0.15, 0.2) is 0 Å². The van der Waals surface area contributed by atoms with Gasteiger partial charge in [0.1, 0.15) is 0 Å². The first kappa shape index (κ1) is 570. The van der Waals surface area contributed by atoms with E-state index < -0.39 is 0 Å². The zero-order chi connectivity index (χ0) is 0. The van der Waals surface area contributed by atoms with Crippen molar-refractivity contribution in [2.45, 2.75) is 0 Å². The average Bonchev–Trinajstić information content (AvgIpc) is 0. The fourth-order valence-corrected chi connectivity index (χ4v) is 0. The van der Waals surface area contributed by atoms with Crippen molar-refractivity contribution in [1.82, 2.24) is 0 Å². The summed E-state index contributed by atoms with van der Waals surface area (Å²) in [4.78, 5) is 0. The Bertz CT molecular complexity index is 6.49. The second-order valence-electron chi connectivity index (χ2n) is 0. The third-order valence-electron chi connectivity index (χ3n) is 0. The van der Waals surface area contributed by atoms with Crippen molar-refractivity contribution in [3.63, 3.8) is 0 Å². The maximum atomic E-state index is 0. The van der Waals surface area contributed by atoms with Gasteiger partial charge in [0.25, 0.3) is 0 Å². The molecule has 0 bridgehead atoms. The van der Waals surface area contributed by atoms with Crippen LogP contribution in [-0.4, -0.2) is 32.9 Å². The summed E-state index contributed by atoms with van der Waals surface area (Å²) in [5.41, 5.74) is 0. The van der Waals surface area contributed by atoms with Gasteiger partial charge in [-0.15, -0.1) is 0 Å². The molecule has 0 aliphatic heterocycles. The summed E-state index contributed by atoms with van der Waals surface area (Å²) in [6, 6.07) is 0. The van der Waals surface area contributed by atoms with Gasteiger partial charge in [0.05, 0.1) is 0 Å². The smallest absolute Gasteiger partial charge is 0 e. The SMILES string of the molecule is O.O.O.O.O.O.[Zn].[Zn]. The van der Waals surface area contributed by atoms with Gasteiger partial charge >= 0.3 is 0 Å². The molecule has 0 unspecified atom stereocenters. The largest absolute Gasteiger partial charge is 0.412 e. The molecule has 0 aromatic heterocycles. The van der Waals surface area contributed by atoms with Crippen molar-refractivity contribution in [2.24, 2.45) is 0 Å². The normalized spacial score (nSPS) is 0. The molecule has 0 aliphatic carbocycles. The fraction of sp³-hybridized carbons (Fsp3) is 0. The Balaban J connectivity index is 0. The third-order valence-corrected chi connectivity index (χ3v) is 0. The Morgan fingerprint density at radius 3 is 0.250 bits per heavy atom. The molecule has 0 aliphatic rings. The molecule has 0 aromatic rings. The Hall–Kier alpha value is 1.01. The third kappa shape index (κ3) is 249. The van der Waals surface area contributed by atoms with Crippen molar-refractivity contribution in [2.75, 3.05) is 0 Å². The molecule has 0 saturated carbocycles. The summed E-state index contributed by atoms with van der Waals surface area (Å²) >= 11 is 0. The molecule has 0 atom stereocenters. The van der Waals surface area contributed by atoms with E-state index in [0.29, 0.717) is 0 Å². The van der Waals surface area contributed by atoms with Crippen LogP contribution in [-0.2, 0) is 39.0 Å². The second-order valence-corrected chi connectivity index (χ2v) is 0. The minimum atomic E-state index is 0. The van der Waals surface area contributed by atoms with E-state index in [1.807, 2.05) is 0 Å². The predicted octanol–water partition coefficient (Wildman–Crippen LogP) is -4.95. The van der Waals surface area contributed by atoms with Crippen LogP contribution in [0.5, 0.6) is 0 Å². The van der Waals surface area contributed by atoms with E-state index in [9.17, 15) is 0 Å². The van der Waals surface area contributed by atoms with Crippen LogP contribution in [0, 0.1) is 0 Å². The van der Waals surface area contributed by atoms with Gasteiger partial charge in [0, 0.05) is 39.0 Å². The van der Waals surface area contributed by atoms with Gasteiger partial charge in [-0.05, 0) is 0 Å². The number of hydrogen-bond donors (Lipinski definition) is 0. The molecule has 0 saturated heterocycles. The fourth-order valence-electron chi connectivity index (χ4n) is 0. The van der Waals surface area contributed by atoms with Gasteiger partial charge in [-0.25, -0.2) is 0 Å². The molecule has 8 heavy (non-hydrogen) atoms. The van der Waals surface area contributed by atoms with Crippen molar-refractivity contribution < 1.29 is 71.8 Å². The molecule has 0 amide bonds. The molecule has 0 spiro atoms. The molecule has 0 fully saturated rings. The number of hydrogen-bond acceptors (Lipinski definition) is 0. The standard InChI is InChI=1S/6H2O.2Zn/h6*1H2;;. The molecule has 6 nitrogen and oxygen atoms in total. The summed E-state index contributed by atoms with van der Waals surface area (Å²) in [5, 5.41) is 0. The van der Waals surface area contributed by atoms with Crippen LogP contribution in [0.1, 0.15) is 0 Å². The summed E-state index contributed by atoms with van der Waals surface area (Å²) in [6.45, 7) is 0. The van der Waals surface area contributed by atoms with Gasteiger partial charge < -0.3 is 32.9 Å². The van der Waals surface area contributed by atoms with Crippen molar-refractivity contribution >= 4 is 0 Å². The molecular formula is H12O6Zn2. The Kier molecular flexibility index (Phi) is 27600. The van der Waals surface area contributed by atoms with Crippen LogP contribution < -0.4 is 0 Å². The first-order valence-electron chi connectivity index (χ1n) is 0. The molecule has 52 valence electrons. The topological polar surface area (TPSA) is 189 Å². The average molecular weight is 239 g/mol. The van der Waals surface area contributed by atoms with Crippen LogP contribution in [0.25, 0.3) is 0 Å². The molecule has 12 N–H and O–H groups in total. The Labute approximate surface area is 72.0 Å². The number of rotatable bonds is 0. The van der Waals surface area contributed by atoms with E-state index >= 15 is 0 Å². The van der Waals surface area contributed by atoms with Gasteiger partial charge in [-0.3, -0.25) is 0 Å². The van der Waals surface area contributed by atoms with Crippen molar-refractivity contribution in [1.29, 1.82) is 0 Å². The van der Waals surface area contributed by atoms with E-state index in [0.717, 1.165) is 0 Å². The monoisotopic (exact) mass is 236 g/mol. The summed E-state index contributed by atoms with van der Waals surface area (Å²) in [7, 11) is 0. The molecule has 0 aromatic carbocycles. The second kappa shape index (κ2) is 388. The minimum absolute atomic E-state index is 0. The quantitative estimate of drug-likeness (QED) is 0.366. The maximum Gasteiger partial charge on any atom is 0 e. The van der Waals surface area contributed by atoms with Crippen LogP contribution in [0.3, 0.4) is 0 Å². The first-order chi connectivity index (χ1) is 0. The van der Waals surface area contributed by atoms with Crippen LogP contribution in [0.4, 0.5) is 0 Å². The molecule has 0 heterocycles.